The Balaban J connectivity index is 2.32. The van der Waals surface area contributed by atoms with Crippen LogP contribution in [0.4, 0.5) is 5.69 Å². The first-order chi connectivity index (χ1) is 9.63. The van der Waals surface area contributed by atoms with Crippen molar-refractivity contribution in [2.24, 2.45) is 5.73 Å². The van der Waals surface area contributed by atoms with Crippen molar-refractivity contribution in [3.63, 3.8) is 0 Å². The molecule has 1 amide bonds. The third-order valence-electron chi connectivity index (χ3n) is 3.38. The standard InChI is InChI=1S/C14H20BrN3O2/c1-2-17-8-10-3-4-11(15)7-12(10)18-5-6-20-9-13(18)14(16)19/h3-4,7,13,17H,2,5-6,8-9H2,1H3,(H2,16,19). The SMILES string of the molecule is CCNCc1ccc(Br)cc1N1CCOCC1C(N)=O. The van der Waals surface area contributed by atoms with Gasteiger partial charge < -0.3 is 20.7 Å². The number of hydrogen-bond acceptors (Lipinski definition) is 4. The molecular formula is C14H20BrN3O2. The number of amides is 1. The van der Waals surface area contributed by atoms with Gasteiger partial charge in [0, 0.05) is 23.2 Å². The maximum absolute atomic E-state index is 11.6. The van der Waals surface area contributed by atoms with Crippen molar-refractivity contribution in [3.8, 4) is 0 Å². The zero-order valence-electron chi connectivity index (χ0n) is 11.6. The third kappa shape index (κ3) is 3.50. The molecule has 1 unspecified atom stereocenters. The van der Waals surface area contributed by atoms with Gasteiger partial charge in [0.1, 0.15) is 6.04 Å². The van der Waals surface area contributed by atoms with E-state index >= 15 is 0 Å². The predicted octanol–water partition coefficient (Wildman–Crippen LogP) is 1.25. The zero-order valence-corrected chi connectivity index (χ0v) is 13.1. The van der Waals surface area contributed by atoms with Gasteiger partial charge in [-0.25, -0.2) is 0 Å². The predicted molar refractivity (Wildman–Crippen MR) is 82.7 cm³/mol. The van der Waals surface area contributed by atoms with E-state index in [1.807, 2.05) is 17.0 Å². The van der Waals surface area contributed by atoms with E-state index in [9.17, 15) is 4.79 Å². The molecular weight excluding hydrogens is 322 g/mol. The summed E-state index contributed by atoms with van der Waals surface area (Å²) in [6.45, 7) is 5.36. The molecule has 1 aromatic rings. The molecule has 1 aromatic carbocycles. The summed E-state index contributed by atoms with van der Waals surface area (Å²) in [5.41, 5.74) is 7.69. The molecule has 1 aliphatic heterocycles. The zero-order chi connectivity index (χ0) is 14.5. The van der Waals surface area contributed by atoms with E-state index < -0.39 is 6.04 Å². The highest BCUT2D eigenvalue weighted by Gasteiger charge is 2.29. The number of benzene rings is 1. The monoisotopic (exact) mass is 341 g/mol. The Labute approximate surface area is 127 Å². The molecule has 0 spiro atoms. The van der Waals surface area contributed by atoms with Gasteiger partial charge in [0.2, 0.25) is 5.91 Å². The van der Waals surface area contributed by atoms with Crippen molar-refractivity contribution in [1.82, 2.24) is 5.32 Å². The summed E-state index contributed by atoms with van der Waals surface area (Å²) in [5.74, 6) is -0.348. The first-order valence-electron chi connectivity index (χ1n) is 6.76. The third-order valence-corrected chi connectivity index (χ3v) is 3.87. The Hall–Kier alpha value is -1.11. The van der Waals surface area contributed by atoms with Gasteiger partial charge in [-0.2, -0.15) is 0 Å². The molecule has 1 aliphatic rings. The Kier molecular flexibility index (Phi) is 5.39. The molecule has 0 saturated carbocycles. The van der Waals surface area contributed by atoms with Crippen LogP contribution in [0.25, 0.3) is 0 Å². The largest absolute Gasteiger partial charge is 0.377 e. The van der Waals surface area contributed by atoms with Crippen molar-refractivity contribution in [3.05, 3.63) is 28.2 Å². The van der Waals surface area contributed by atoms with E-state index in [2.05, 4.69) is 34.2 Å². The van der Waals surface area contributed by atoms with Crippen molar-refractivity contribution < 1.29 is 9.53 Å². The van der Waals surface area contributed by atoms with E-state index in [1.54, 1.807) is 0 Å². The van der Waals surface area contributed by atoms with Gasteiger partial charge in [-0.05, 0) is 24.2 Å². The number of nitrogens with one attached hydrogen (secondary N) is 1. The quantitative estimate of drug-likeness (QED) is 0.845. The van der Waals surface area contributed by atoms with Crippen LogP contribution in [-0.2, 0) is 16.1 Å². The van der Waals surface area contributed by atoms with E-state index in [0.717, 1.165) is 28.8 Å². The molecule has 0 bridgehead atoms. The number of primary amides is 1. The first-order valence-corrected chi connectivity index (χ1v) is 7.55. The number of carbonyl (C=O) groups is 1. The summed E-state index contributed by atoms with van der Waals surface area (Å²) < 4.78 is 6.36. The van der Waals surface area contributed by atoms with E-state index in [0.29, 0.717) is 19.8 Å². The molecule has 5 nitrogen and oxygen atoms in total. The van der Waals surface area contributed by atoms with E-state index in [-0.39, 0.29) is 5.91 Å². The molecule has 0 aromatic heterocycles. The molecule has 3 N–H and O–H groups in total. The van der Waals surface area contributed by atoms with Gasteiger partial charge in [-0.15, -0.1) is 0 Å². The highest BCUT2D eigenvalue weighted by Crippen LogP contribution is 2.28. The molecule has 20 heavy (non-hydrogen) atoms. The smallest absolute Gasteiger partial charge is 0.242 e. The van der Waals surface area contributed by atoms with Crippen molar-refractivity contribution in [2.45, 2.75) is 19.5 Å². The lowest BCUT2D eigenvalue weighted by Crippen LogP contribution is -2.53. The Morgan fingerprint density at radius 3 is 3.10 bits per heavy atom. The van der Waals surface area contributed by atoms with Gasteiger partial charge in [0.15, 0.2) is 0 Å². The molecule has 1 atom stereocenters. The summed E-state index contributed by atoms with van der Waals surface area (Å²) in [4.78, 5) is 13.7. The molecule has 6 heteroatoms. The highest BCUT2D eigenvalue weighted by atomic mass is 79.9. The summed E-state index contributed by atoms with van der Waals surface area (Å²) >= 11 is 3.49. The van der Waals surface area contributed by atoms with Gasteiger partial charge >= 0.3 is 0 Å². The lowest BCUT2D eigenvalue weighted by molar-refractivity contribution is -0.121. The molecule has 0 aliphatic carbocycles. The minimum Gasteiger partial charge on any atom is -0.377 e. The van der Waals surface area contributed by atoms with Gasteiger partial charge in [-0.3, -0.25) is 4.79 Å². The first kappa shape index (κ1) is 15.3. The summed E-state index contributed by atoms with van der Waals surface area (Å²) in [6.07, 6.45) is 0. The average molecular weight is 342 g/mol. The average Bonchev–Trinajstić information content (AvgIpc) is 2.46. The van der Waals surface area contributed by atoms with Crippen LogP contribution in [0.15, 0.2) is 22.7 Å². The van der Waals surface area contributed by atoms with Crippen LogP contribution in [0.5, 0.6) is 0 Å². The van der Waals surface area contributed by atoms with Crippen molar-refractivity contribution in [2.75, 3.05) is 31.2 Å². The number of morpholine rings is 1. The normalized spacial score (nSPS) is 19.1. The summed E-state index contributed by atoms with van der Waals surface area (Å²) in [5, 5.41) is 3.32. The fraction of sp³-hybridized carbons (Fsp3) is 0.500. The maximum atomic E-state index is 11.6. The van der Waals surface area contributed by atoms with Crippen LogP contribution in [0.2, 0.25) is 0 Å². The Morgan fingerprint density at radius 1 is 1.60 bits per heavy atom. The number of rotatable bonds is 5. The van der Waals surface area contributed by atoms with Crippen LogP contribution < -0.4 is 16.0 Å². The van der Waals surface area contributed by atoms with Gasteiger partial charge in [0.25, 0.3) is 0 Å². The summed E-state index contributed by atoms with van der Waals surface area (Å²) in [7, 11) is 0. The van der Waals surface area contributed by atoms with Crippen LogP contribution in [0.3, 0.4) is 0 Å². The number of hydrogen-bond donors (Lipinski definition) is 2. The number of nitrogens with two attached hydrogens (primary N) is 1. The van der Waals surface area contributed by atoms with Crippen LogP contribution in [-0.4, -0.2) is 38.3 Å². The van der Waals surface area contributed by atoms with Crippen molar-refractivity contribution in [1.29, 1.82) is 0 Å². The highest BCUT2D eigenvalue weighted by molar-refractivity contribution is 9.10. The fourth-order valence-corrected chi connectivity index (χ4v) is 2.69. The lowest BCUT2D eigenvalue weighted by atomic mass is 10.1. The minimum atomic E-state index is -0.404. The Bertz CT molecular complexity index is 481. The molecule has 1 saturated heterocycles. The molecule has 0 radical (unpaired) electrons. The second-order valence-corrected chi connectivity index (χ2v) is 5.66. The molecule has 110 valence electrons. The van der Waals surface area contributed by atoms with Crippen LogP contribution in [0, 0.1) is 0 Å². The minimum absolute atomic E-state index is 0.348. The van der Waals surface area contributed by atoms with Crippen molar-refractivity contribution >= 4 is 27.5 Å². The topological polar surface area (TPSA) is 67.6 Å². The molecule has 2 rings (SSSR count). The Morgan fingerprint density at radius 2 is 2.40 bits per heavy atom. The fourth-order valence-electron chi connectivity index (χ4n) is 2.34. The second-order valence-electron chi connectivity index (χ2n) is 4.74. The summed E-state index contributed by atoms with van der Waals surface area (Å²) in [6, 6.07) is 5.71. The lowest BCUT2D eigenvalue weighted by Gasteiger charge is -2.36. The van der Waals surface area contributed by atoms with Gasteiger partial charge in [0.05, 0.1) is 13.2 Å². The number of nitrogens with zero attached hydrogens (tertiary/aromatic N) is 1. The second kappa shape index (κ2) is 7.06. The number of halogens is 1. The maximum Gasteiger partial charge on any atom is 0.242 e. The van der Waals surface area contributed by atoms with Crippen LogP contribution >= 0.6 is 15.9 Å². The number of carbonyl (C=O) groups excluding carboxylic acids is 1. The van der Waals surface area contributed by atoms with Gasteiger partial charge in [-0.1, -0.05) is 28.9 Å². The number of ether oxygens (including phenoxy) is 1. The molecule has 1 fully saturated rings. The van der Waals surface area contributed by atoms with E-state index in [1.165, 1.54) is 0 Å². The molecule has 1 heterocycles. The van der Waals surface area contributed by atoms with E-state index in [4.69, 9.17) is 10.5 Å². The number of anilines is 1. The van der Waals surface area contributed by atoms with Crippen LogP contribution in [0.1, 0.15) is 12.5 Å².